The maximum atomic E-state index is 11.5. The molecule has 3 N–H and O–H groups in total. The highest BCUT2D eigenvalue weighted by atomic mass is 16.2. The van der Waals surface area contributed by atoms with Gasteiger partial charge in [-0.15, -0.1) is 0 Å². The monoisotopic (exact) mass is 199 g/mol. The average molecular weight is 199 g/mol. The summed E-state index contributed by atoms with van der Waals surface area (Å²) in [6, 6.07) is 0.0778. The van der Waals surface area contributed by atoms with E-state index in [1.165, 1.54) is 0 Å². The highest BCUT2D eigenvalue weighted by molar-refractivity contribution is 5.81. The van der Waals surface area contributed by atoms with E-state index < -0.39 is 0 Å². The minimum atomic E-state index is 0.0778. The zero-order valence-corrected chi connectivity index (χ0v) is 9.12. The Morgan fingerprint density at radius 3 is 3.00 bits per heavy atom. The fourth-order valence-corrected chi connectivity index (χ4v) is 1.98. The number of carbonyl (C=O) groups excluding carboxylic acids is 1. The number of likely N-dealkylation sites (N-methyl/N-ethyl adjacent to an activating group) is 1. The number of amides is 1. The Morgan fingerprint density at radius 2 is 2.43 bits per heavy atom. The third-order valence-electron chi connectivity index (χ3n) is 2.86. The van der Waals surface area contributed by atoms with E-state index in [4.69, 9.17) is 5.73 Å². The predicted molar refractivity (Wildman–Crippen MR) is 56.9 cm³/mol. The van der Waals surface area contributed by atoms with E-state index >= 15 is 0 Å². The molecular formula is C10H21N3O. The maximum Gasteiger partial charge on any atom is 0.237 e. The lowest BCUT2D eigenvalue weighted by molar-refractivity contribution is -0.125. The van der Waals surface area contributed by atoms with Crippen molar-refractivity contribution >= 4 is 5.91 Å². The molecular weight excluding hydrogens is 178 g/mol. The van der Waals surface area contributed by atoms with Crippen molar-refractivity contribution in [3.8, 4) is 0 Å². The highest BCUT2D eigenvalue weighted by Gasteiger charge is 2.30. The van der Waals surface area contributed by atoms with Crippen LogP contribution in [0.2, 0.25) is 0 Å². The molecule has 1 saturated heterocycles. The van der Waals surface area contributed by atoms with Gasteiger partial charge in [0, 0.05) is 13.6 Å². The molecule has 0 saturated carbocycles. The van der Waals surface area contributed by atoms with Crippen LogP contribution in [-0.4, -0.2) is 43.5 Å². The molecule has 0 aromatic heterocycles. The second-order valence-corrected chi connectivity index (χ2v) is 4.11. The molecule has 1 rings (SSSR count). The molecule has 4 nitrogen and oxygen atoms in total. The molecule has 2 unspecified atom stereocenters. The quantitative estimate of drug-likeness (QED) is 0.659. The Balaban J connectivity index is 2.46. The summed E-state index contributed by atoms with van der Waals surface area (Å²) in [6.45, 7) is 4.78. The lowest BCUT2D eigenvalue weighted by Crippen LogP contribution is -2.44. The number of rotatable bonds is 4. The average Bonchev–Trinajstić information content (AvgIpc) is 2.64. The van der Waals surface area contributed by atoms with Crippen molar-refractivity contribution in [1.82, 2.24) is 10.2 Å². The maximum absolute atomic E-state index is 11.5. The van der Waals surface area contributed by atoms with Crippen LogP contribution in [0.3, 0.4) is 0 Å². The summed E-state index contributed by atoms with van der Waals surface area (Å²) in [5, 5.41) is 2.72. The summed E-state index contributed by atoms with van der Waals surface area (Å²) in [6.07, 6.45) is 2.10. The fraction of sp³-hybridized carbons (Fsp3) is 0.900. The van der Waals surface area contributed by atoms with Gasteiger partial charge in [-0.25, -0.2) is 0 Å². The highest BCUT2D eigenvalue weighted by Crippen LogP contribution is 2.18. The fourth-order valence-electron chi connectivity index (χ4n) is 1.98. The zero-order valence-electron chi connectivity index (χ0n) is 9.12. The van der Waals surface area contributed by atoms with Crippen LogP contribution in [0.1, 0.15) is 19.8 Å². The summed E-state index contributed by atoms with van der Waals surface area (Å²) in [5.74, 6) is 0.618. The Hall–Kier alpha value is -0.610. The van der Waals surface area contributed by atoms with E-state index in [2.05, 4.69) is 17.1 Å². The van der Waals surface area contributed by atoms with Crippen LogP contribution < -0.4 is 11.1 Å². The molecule has 1 heterocycles. The molecule has 14 heavy (non-hydrogen) atoms. The van der Waals surface area contributed by atoms with Crippen molar-refractivity contribution in [1.29, 1.82) is 0 Å². The topological polar surface area (TPSA) is 58.4 Å². The van der Waals surface area contributed by atoms with Gasteiger partial charge in [0.25, 0.3) is 0 Å². The standard InChI is InChI=1S/C10H21N3O/c1-8(6-11)7-13-5-3-4-9(13)10(14)12-2/h8-9H,3-7,11H2,1-2H3,(H,12,14). The van der Waals surface area contributed by atoms with Crippen molar-refractivity contribution < 1.29 is 4.79 Å². The first-order valence-corrected chi connectivity index (χ1v) is 5.34. The molecule has 0 aliphatic carbocycles. The molecule has 1 amide bonds. The molecule has 1 aliphatic heterocycles. The predicted octanol–water partition coefficient (Wildman–Crippen LogP) is -0.208. The van der Waals surface area contributed by atoms with Gasteiger partial charge in [-0.05, 0) is 31.8 Å². The van der Waals surface area contributed by atoms with Crippen molar-refractivity contribution in [3.63, 3.8) is 0 Å². The van der Waals surface area contributed by atoms with Crippen LogP contribution in [0.15, 0.2) is 0 Å². The van der Waals surface area contributed by atoms with E-state index in [-0.39, 0.29) is 11.9 Å². The first-order valence-electron chi connectivity index (χ1n) is 5.34. The van der Waals surface area contributed by atoms with Gasteiger partial charge in [-0.1, -0.05) is 6.92 Å². The smallest absolute Gasteiger partial charge is 0.237 e. The summed E-state index contributed by atoms with van der Waals surface area (Å²) >= 11 is 0. The molecule has 1 aliphatic rings. The van der Waals surface area contributed by atoms with Gasteiger partial charge < -0.3 is 11.1 Å². The number of carbonyl (C=O) groups is 1. The first-order chi connectivity index (χ1) is 6.69. The van der Waals surface area contributed by atoms with Gasteiger partial charge in [-0.2, -0.15) is 0 Å². The Bertz CT molecular complexity index is 196. The van der Waals surface area contributed by atoms with Gasteiger partial charge in [0.05, 0.1) is 6.04 Å². The number of nitrogens with one attached hydrogen (secondary N) is 1. The van der Waals surface area contributed by atoms with Gasteiger partial charge >= 0.3 is 0 Å². The molecule has 82 valence electrons. The van der Waals surface area contributed by atoms with Gasteiger partial charge in [-0.3, -0.25) is 9.69 Å². The minimum Gasteiger partial charge on any atom is -0.358 e. The number of hydrogen-bond donors (Lipinski definition) is 2. The van der Waals surface area contributed by atoms with Crippen LogP contribution in [0.5, 0.6) is 0 Å². The van der Waals surface area contributed by atoms with Crippen LogP contribution in [0.4, 0.5) is 0 Å². The Morgan fingerprint density at radius 1 is 1.71 bits per heavy atom. The van der Waals surface area contributed by atoms with E-state index in [0.29, 0.717) is 12.5 Å². The van der Waals surface area contributed by atoms with Crippen molar-refractivity contribution in [3.05, 3.63) is 0 Å². The molecule has 0 aromatic carbocycles. The molecule has 4 heteroatoms. The third kappa shape index (κ3) is 2.69. The molecule has 1 fully saturated rings. The molecule has 0 radical (unpaired) electrons. The minimum absolute atomic E-state index is 0.0778. The molecule has 0 aromatic rings. The van der Waals surface area contributed by atoms with Gasteiger partial charge in [0.15, 0.2) is 0 Å². The van der Waals surface area contributed by atoms with Crippen LogP contribution >= 0.6 is 0 Å². The van der Waals surface area contributed by atoms with E-state index in [9.17, 15) is 4.79 Å². The molecule has 2 atom stereocenters. The molecule has 0 bridgehead atoms. The van der Waals surface area contributed by atoms with Gasteiger partial charge in [0.1, 0.15) is 0 Å². The summed E-state index contributed by atoms with van der Waals surface area (Å²) < 4.78 is 0. The number of nitrogens with two attached hydrogens (primary N) is 1. The van der Waals surface area contributed by atoms with E-state index in [1.807, 2.05) is 0 Å². The largest absolute Gasteiger partial charge is 0.358 e. The van der Waals surface area contributed by atoms with Gasteiger partial charge in [0.2, 0.25) is 5.91 Å². The lowest BCUT2D eigenvalue weighted by Gasteiger charge is -2.25. The SMILES string of the molecule is CNC(=O)C1CCCN1CC(C)CN. The zero-order chi connectivity index (χ0) is 10.6. The summed E-state index contributed by atoms with van der Waals surface area (Å²) in [5.41, 5.74) is 5.58. The van der Waals surface area contributed by atoms with Crippen molar-refractivity contribution in [2.45, 2.75) is 25.8 Å². The van der Waals surface area contributed by atoms with Crippen LogP contribution in [0, 0.1) is 5.92 Å². The Kier molecular flexibility index (Phi) is 4.35. The first kappa shape index (κ1) is 11.5. The second kappa shape index (κ2) is 5.32. The van der Waals surface area contributed by atoms with Crippen molar-refractivity contribution in [2.75, 3.05) is 26.7 Å². The lowest BCUT2D eigenvalue weighted by atomic mass is 10.1. The van der Waals surface area contributed by atoms with Crippen LogP contribution in [0.25, 0.3) is 0 Å². The second-order valence-electron chi connectivity index (χ2n) is 4.11. The number of likely N-dealkylation sites (tertiary alicyclic amines) is 1. The summed E-state index contributed by atoms with van der Waals surface area (Å²) in [4.78, 5) is 13.8. The van der Waals surface area contributed by atoms with E-state index in [0.717, 1.165) is 25.9 Å². The number of hydrogen-bond acceptors (Lipinski definition) is 3. The summed E-state index contributed by atoms with van der Waals surface area (Å²) in [7, 11) is 1.70. The Labute approximate surface area is 85.8 Å². The third-order valence-corrected chi connectivity index (χ3v) is 2.86. The van der Waals surface area contributed by atoms with E-state index in [1.54, 1.807) is 7.05 Å². The number of nitrogens with zero attached hydrogens (tertiary/aromatic N) is 1. The molecule has 0 spiro atoms. The van der Waals surface area contributed by atoms with Crippen molar-refractivity contribution in [2.24, 2.45) is 11.7 Å². The van der Waals surface area contributed by atoms with Crippen LogP contribution in [-0.2, 0) is 4.79 Å². The normalized spacial score (nSPS) is 24.9.